The second-order valence-electron chi connectivity index (χ2n) is 7.59. The fourth-order valence-electron chi connectivity index (χ4n) is 4.74. The van der Waals surface area contributed by atoms with Gasteiger partial charge in [-0.05, 0) is 55.6 Å². The number of nitrogens with zero attached hydrogens (tertiary/aromatic N) is 1. The number of aliphatic hydroxyl groups is 1. The molecule has 2 aliphatic carbocycles. The summed E-state index contributed by atoms with van der Waals surface area (Å²) in [6.45, 7) is 3.05. The van der Waals surface area contributed by atoms with Gasteiger partial charge < -0.3 is 10.4 Å². The molecule has 2 bridgehead atoms. The van der Waals surface area contributed by atoms with Crippen molar-refractivity contribution in [3.63, 3.8) is 0 Å². The van der Waals surface area contributed by atoms with Crippen molar-refractivity contribution in [1.29, 1.82) is 0 Å². The Bertz CT molecular complexity index is 510. The third-order valence-corrected chi connectivity index (χ3v) is 6.05. The number of hydrogen-bond acceptors (Lipinski definition) is 3. The number of nitrogens with one attached hydrogen (secondary N) is 1. The number of likely N-dealkylation sites (tertiary alicyclic amines) is 1. The molecule has 0 aromatic heterocycles. The molecule has 22 heavy (non-hydrogen) atoms. The van der Waals surface area contributed by atoms with Crippen LogP contribution in [-0.4, -0.2) is 35.2 Å². The smallest absolute Gasteiger partial charge is 0.0564 e. The minimum Gasteiger partial charge on any atom is -0.393 e. The lowest BCUT2D eigenvalue weighted by Gasteiger charge is -2.31. The van der Waals surface area contributed by atoms with Gasteiger partial charge >= 0.3 is 0 Å². The molecular formula is C19H28N2O. The number of fused-ring (bicyclic) bond motifs is 2. The van der Waals surface area contributed by atoms with Crippen molar-refractivity contribution in [2.45, 2.75) is 57.2 Å². The lowest BCUT2D eigenvalue weighted by molar-refractivity contribution is 0.0793. The Morgan fingerprint density at radius 1 is 1.05 bits per heavy atom. The number of piperidine rings is 1. The molecule has 0 amide bonds. The van der Waals surface area contributed by atoms with Gasteiger partial charge in [0.15, 0.2) is 0 Å². The van der Waals surface area contributed by atoms with Crippen molar-refractivity contribution in [2.75, 3.05) is 18.4 Å². The zero-order chi connectivity index (χ0) is 14.9. The van der Waals surface area contributed by atoms with Gasteiger partial charge in [0.2, 0.25) is 0 Å². The molecule has 1 saturated heterocycles. The molecule has 1 aromatic rings. The van der Waals surface area contributed by atoms with Crippen LogP contribution in [0.5, 0.6) is 0 Å². The summed E-state index contributed by atoms with van der Waals surface area (Å²) < 4.78 is 0. The number of rotatable bonds is 4. The van der Waals surface area contributed by atoms with Gasteiger partial charge in [0.25, 0.3) is 0 Å². The number of anilines is 1. The van der Waals surface area contributed by atoms with Crippen LogP contribution in [0.2, 0.25) is 0 Å². The zero-order valence-corrected chi connectivity index (χ0v) is 13.4. The SMILES string of the molecule is OC1CCN(Cc2ccccc2NC2CC3CCC2C3)CC1. The molecule has 3 atom stereocenters. The monoisotopic (exact) mass is 300 g/mol. The minimum atomic E-state index is -0.0846. The van der Waals surface area contributed by atoms with Crippen molar-refractivity contribution in [1.82, 2.24) is 4.90 Å². The van der Waals surface area contributed by atoms with Gasteiger partial charge in [0.05, 0.1) is 6.10 Å². The highest BCUT2D eigenvalue weighted by atomic mass is 16.3. The Morgan fingerprint density at radius 3 is 2.59 bits per heavy atom. The highest BCUT2D eigenvalue weighted by Crippen LogP contribution is 2.45. The van der Waals surface area contributed by atoms with Crippen molar-refractivity contribution in [3.05, 3.63) is 29.8 Å². The van der Waals surface area contributed by atoms with E-state index in [0.717, 1.165) is 44.3 Å². The summed E-state index contributed by atoms with van der Waals surface area (Å²) >= 11 is 0. The largest absolute Gasteiger partial charge is 0.393 e. The van der Waals surface area contributed by atoms with E-state index in [0.29, 0.717) is 6.04 Å². The topological polar surface area (TPSA) is 35.5 Å². The first-order chi connectivity index (χ1) is 10.8. The van der Waals surface area contributed by atoms with Gasteiger partial charge in [-0.25, -0.2) is 0 Å². The average molecular weight is 300 g/mol. The minimum absolute atomic E-state index is 0.0846. The number of hydrogen-bond donors (Lipinski definition) is 2. The lowest BCUT2D eigenvalue weighted by Crippen LogP contribution is -2.35. The fourth-order valence-corrected chi connectivity index (χ4v) is 4.74. The standard InChI is InChI=1S/C19H28N2O/c22-17-7-9-21(10-8-17)13-16-3-1-2-4-18(16)20-19-12-14-5-6-15(19)11-14/h1-4,14-15,17,19-20,22H,5-13H2. The summed E-state index contributed by atoms with van der Waals surface area (Å²) in [7, 11) is 0. The molecule has 120 valence electrons. The summed E-state index contributed by atoms with van der Waals surface area (Å²) in [4.78, 5) is 2.48. The molecule has 3 unspecified atom stereocenters. The van der Waals surface area contributed by atoms with Crippen LogP contribution in [0.25, 0.3) is 0 Å². The Hall–Kier alpha value is -1.06. The second kappa shape index (κ2) is 6.21. The first-order valence-corrected chi connectivity index (χ1v) is 9.03. The van der Waals surface area contributed by atoms with Gasteiger partial charge in [0.1, 0.15) is 0 Å². The summed E-state index contributed by atoms with van der Waals surface area (Å²) in [6.07, 6.45) is 7.45. The molecule has 0 radical (unpaired) electrons. The first-order valence-electron chi connectivity index (χ1n) is 9.03. The van der Waals surface area contributed by atoms with E-state index in [2.05, 4.69) is 34.5 Å². The molecule has 2 N–H and O–H groups in total. The molecule has 3 nitrogen and oxygen atoms in total. The maximum absolute atomic E-state index is 9.66. The normalized spacial score (nSPS) is 32.5. The predicted octanol–water partition coefficient (Wildman–Crippen LogP) is 3.24. The van der Waals surface area contributed by atoms with Crippen LogP contribution >= 0.6 is 0 Å². The average Bonchev–Trinajstić information content (AvgIpc) is 3.14. The number of para-hydroxylation sites is 1. The van der Waals surface area contributed by atoms with Crippen LogP contribution in [0.1, 0.15) is 44.1 Å². The third kappa shape index (κ3) is 3.02. The summed E-state index contributed by atoms with van der Waals surface area (Å²) in [5.74, 6) is 1.89. The van der Waals surface area contributed by atoms with E-state index in [4.69, 9.17) is 0 Å². The van der Waals surface area contributed by atoms with Crippen molar-refractivity contribution < 1.29 is 5.11 Å². The molecule has 0 spiro atoms. The summed E-state index contributed by atoms with van der Waals surface area (Å²) in [6, 6.07) is 9.52. The van der Waals surface area contributed by atoms with Crippen molar-refractivity contribution in [3.8, 4) is 0 Å². The zero-order valence-electron chi connectivity index (χ0n) is 13.4. The van der Waals surface area contributed by atoms with E-state index in [1.165, 1.54) is 36.9 Å². The van der Waals surface area contributed by atoms with E-state index in [1.807, 2.05) is 0 Å². The summed E-state index contributed by atoms with van der Waals surface area (Å²) in [5.41, 5.74) is 2.76. The molecule has 2 saturated carbocycles. The van der Waals surface area contributed by atoms with Crippen molar-refractivity contribution >= 4 is 5.69 Å². The number of aliphatic hydroxyl groups excluding tert-OH is 1. The Morgan fingerprint density at radius 2 is 1.86 bits per heavy atom. The molecule has 1 heterocycles. The molecule has 3 fully saturated rings. The fraction of sp³-hybridized carbons (Fsp3) is 0.684. The lowest BCUT2D eigenvalue weighted by atomic mass is 9.95. The van der Waals surface area contributed by atoms with E-state index in [-0.39, 0.29) is 6.10 Å². The van der Waals surface area contributed by atoms with Crippen molar-refractivity contribution in [2.24, 2.45) is 11.8 Å². The molecule has 3 aliphatic rings. The molecule has 1 aromatic carbocycles. The van der Waals surface area contributed by atoms with Crippen LogP contribution < -0.4 is 5.32 Å². The highest BCUT2D eigenvalue weighted by molar-refractivity contribution is 5.52. The van der Waals surface area contributed by atoms with E-state index in [1.54, 1.807) is 0 Å². The van der Waals surface area contributed by atoms with Crippen LogP contribution in [0.3, 0.4) is 0 Å². The maximum Gasteiger partial charge on any atom is 0.0564 e. The molecule has 4 rings (SSSR count). The van der Waals surface area contributed by atoms with Gasteiger partial charge in [-0.2, -0.15) is 0 Å². The quantitative estimate of drug-likeness (QED) is 0.896. The second-order valence-corrected chi connectivity index (χ2v) is 7.59. The molecule has 1 aliphatic heterocycles. The first kappa shape index (κ1) is 14.5. The predicted molar refractivity (Wildman–Crippen MR) is 89.8 cm³/mol. The van der Waals surface area contributed by atoms with Crippen LogP contribution in [0, 0.1) is 11.8 Å². The van der Waals surface area contributed by atoms with E-state index >= 15 is 0 Å². The third-order valence-electron chi connectivity index (χ3n) is 6.05. The summed E-state index contributed by atoms with van der Waals surface area (Å²) in [5, 5.41) is 13.5. The van der Waals surface area contributed by atoms with Crippen LogP contribution in [0.4, 0.5) is 5.69 Å². The Labute approximate surface area is 133 Å². The Balaban J connectivity index is 1.42. The van der Waals surface area contributed by atoms with E-state index < -0.39 is 0 Å². The van der Waals surface area contributed by atoms with Gasteiger partial charge in [-0.1, -0.05) is 24.6 Å². The number of benzene rings is 1. The highest BCUT2D eigenvalue weighted by Gasteiger charge is 2.39. The molecule has 3 heteroatoms. The Kier molecular flexibility index (Phi) is 4.10. The van der Waals surface area contributed by atoms with E-state index in [9.17, 15) is 5.11 Å². The van der Waals surface area contributed by atoms with Crippen LogP contribution in [0.15, 0.2) is 24.3 Å². The van der Waals surface area contributed by atoms with Gasteiger partial charge in [0, 0.05) is 31.4 Å². The maximum atomic E-state index is 9.66. The molecular weight excluding hydrogens is 272 g/mol. The van der Waals surface area contributed by atoms with Gasteiger partial charge in [-0.15, -0.1) is 0 Å². The van der Waals surface area contributed by atoms with Crippen LogP contribution in [-0.2, 0) is 6.54 Å². The van der Waals surface area contributed by atoms with Gasteiger partial charge in [-0.3, -0.25) is 4.90 Å².